The SMILES string of the molecule is C[C@@H](c1ccccc1Cl)n1cc(CC(O)c2ccccc2)nn1. The van der Waals surface area contributed by atoms with E-state index in [1.54, 1.807) is 4.68 Å². The van der Waals surface area contributed by atoms with Crippen LogP contribution in [0.1, 0.15) is 35.9 Å². The first-order valence-electron chi connectivity index (χ1n) is 7.53. The maximum atomic E-state index is 10.3. The number of aliphatic hydroxyl groups excluding tert-OH is 1. The van der Waals surface area contributed by atoms with Crippen molar-refractivity contribution in [3.8, 4) is 0 Å². The zero-order chi connectivity index (χ0) is 16.2. The molecule has 0 aliphatic carbocycles. The molecule has 2 aromatic carbocycles. The summed E-state index contributed by atoms with van der Waals surface area (Å²) in [5.41, 5.74) is 2.62. The maximum Gasteiger partial charge on any atom is 0.0856 e. The van der Waals surface area contributed by atoms with E-state index in [9.17, 15) is 5.11 Å². The van der Waals surface area contributed by atoms with Crippen LogP contribution in [0.5, 0.6) is 0 Å². The van der Waals surface area contributed by atoms with Gasteiger partial charge in [0.15, 0.2) is 0 Å². The summed E-state index contributed by atoms with van der Waals surface area (Å²) in [5.74, 6) is 0. The molecular formula is C18H18ClN3O. The molecule has 4 nitrogen and oxygen atoms in total. The number of hydrogen-bond acceptors (Lipinski definition) is 3. The van der Waals surface area contributed by atoms with E-state index in [0.29, 0.717) is 11.4 Å². The summed E-state index contributed by atoms with van der Waals surface area (Å²) in [6.45, 7) is 2.02. The summed E-state index contributed by atoms with van der Waals surface area (Å²) < 4.78 is 1.77. The Balaban J connectivity index is 1.74. The summed E-state index contributed by atoms with van der Waals surface area (Å²) in [4.78, 5) is 0. The Hall–Kier alpha value is -2.17. The van der Waals surface area contributed by atoms with Crippen molar-refractivity contribution in [1.82, 2.24) is 15.0 Å². The molecule has 23 heavy (non-hydrogen) atoms. The van der Waals surface area contributed by atoms with Crippen molar-refractivity contribution in [3.63, 3.8) is 0 Å². The predicted molar refractivity (Wildman–Crippen MR) is 90.4 cm³/mol. The van der Waals surface area contributed by atoms with Crippen molar-refractivity contribution in [2.75, 3.05) is 0 Å². The van der Waals surface area contributed by atoms with Crippen LogP contribution in [0.2, 0.25) is 5.02 Å². The summed E-state index contributed by atoms with van der Waals surface area (Å²) in [5, 5.41) is 19.3. The van der Waals surface area contributed by atoms with Gasteiger partial charge >= 0.3 is 0 Å². The molecule has 0 amide bonds. The molecule has 0 fully saturated rings. The summed E-state index contributed by atoms with van der Waals surface area (Å²) >= 11 is 6.24. The molecule has 1 heterocycles. The van der Waals surface area contributed by atoms with Crippen LogP contribution in [0.15, 0.2) is 60.8 Å². The van der Waals surface area contributed by atoms with Gasteiger partial charge in [0.1, 0.15) is 0 Å². The van der Waals surface area contributed by atoms with Gasteiger partial charge in [-0.3, -0.25) is 0 Å². The number of rotatable bonds is 5. The highest BCUT2D eigenvalue weighted by atomic mass is 35.5. The molecule has 1 aromatic heterocycles. The van der Waals surface area contributed by atoms with E-state index in [1.807, 2.05) is 67.7 Å². The third kappa shape index (κ3) is 3.60. The average molecular weight is 328 g/mol. The van der Waals surface area contributed by atoms with Crippen LogP contribution >= 0.6 is 11.6 Å². The van der Waals surface area contributed by atoms with E-state index >= 15 is 0 Å². The lowest BCUT2D eigenvalue weighted by Gasteiger charge is -2.13. The maximum absolute atomic E-state index is 10.3. The van der Waals surface area contributed by atoms with E-state index in [2.05, 4.69) is 10.3 Å². The van der Waals surface area contributed by atoms with E-state index in [-0.39, 0.29) is 6.04 Å². The minimum absolute atomic E-state index is 0.0150. The molecule has 5 heteroatoms. The molecule has 0 aliphatic rings. The quantitative estimate of drug-likeness (QED) is 0.775. The van der Waals surface area contributed by atoms with Crippen molar-refractivity contribution in [2.24, 2.45) is 0 Å². The van der Waals surface area contributed by atoms with Crippen molar-refractivity contribution in [2.45, 2.75) is 25.5 Å². The minimum atomic E-state index is -0.586. The molecule has 0 aliphatic heterocycles. The Bertz CT molecular complexity index is 773. The van der Waals surface area contributed by atoms with Gasteiger partial charge in [-0.2, -0.15) is 0 Å². The fraction of sp³-hybridized carbons (Fsp3) is 0.222. The number of halogens is 1. The Kier molecular flexibility index (Phi) is 4.74. The third-order valence-corrected chi connectivity index (χ3v) is 4.24. The first-order chi connectivity index (χ1) is 11.1. The van der Waals surface area contributed by atoms with Gasteiger partial charge in [-0.05, 0) is 24.1 Å². The van der Waals surface area contributed by atoms with Gasteiger partial charge in [0.05, 0.1) is 17.8 Å². The number of nitrogens with zero attached hydrogens (tertiary/aromatic N) is 3. The first-order valence-corrected chi connectivity index (χ1v) is 7.91. The van der Waals surface area contributed by atoms with Crippen molar-refractivity contribution in [1.29, 1.82) is 0 Å². The van der Waals surface area contributed by atoms with E-state index in [0.717, 1.165) is 16.8 Å². The molecular weight excluding hydrogens is 310 g/mol. The Morgan fingerprint density at radius 2 is 1.78 bits per heavy atom. The fourth-order valence-electron chi connectivity index (χ4n) is 2.54. The number of aliphatic hydroxyl groups is 1. The van der Waals surface area contributed by atoms with Gasteiger partial charge < -0.3 is 5.11 Å². The third-order valence-electron chi connectivity index (χ3n) is 3.90. The molecule has 0 saturated heterocycles. The highest BCUT2D eigenvalue weighted by Gasteiger charge is 2.15. The predicted octanol–water partition coefficient (Wildman–Crippen LogP) is 3.82. The molecule has 1 unspecified atom stereocenters. The lowest BCUT2D eigenvalue weighted by molar-refractivity contribution is 0.177. The summed E-state index contributed by atoms with van der Waals surface area (Å²) in [6, 6.07) is 17.2. The zero-order valence-electron chi connectivity index (χ0n) is 12.8. The highest BCUT2D eigenvalue weighted by molar-refractivity contribution is 6.31. The molecule has 1 N–H and O–H groups in total. The van der Waals surface area contributed by atoms with E-state index in [4.69, 9.17) is 11.6 Å². The molecule has 2 atom stereocenters. The lowest BCUT2D eigenvalue weighted by Crippen LogP contribution is -2.08. The van der Waals surface area contributed by atoms with E-state index < -0.39 is 6.10 Å². The van der Waals surface area contributed by atoms with E-state index in [1.165, 1.54) is 0 Å². The molecule has 0 radical (unpaired) electrons. The minimum Gasteiger partial charge on any atom is -0.388 e. The summed E-state index contributed by atoms with van der Waals surface area (Å²) in [6.07, 6.45) is 1.70. The Morgan fingerprint density at radius 1 is 1.09 bits per heavy atom. The molecule has 0 saturated carbocycles. The van der Waals surface area contributed by atoms with Crippen LogP contribution in [0.4, 0.5) is 0 Å². The van der Waals surface area contributed by atoms with Gasteiger partial charge in [0.2, 0.25) is 0 Å². The smallest absolute Gasteiger partial charge is 0.0856 e. The number of aromatic nitrogens is 3. The number of hydrogen-bond donors (Lipinski definition) is 1. The second-order valence-electron chi connectivity index (χ2n) is 5.52. The second-order valence-corrected chi connectivity index (χ2v) is 5.93. The van der Waals surface area contributed by atoms with Crippen LogP contribution in [-0.4, -0.2) is 20.1 Å². The zero-order valence-corrected chi connectivity index (χ0v) is 13.6. The summed E-state index contributed by atoms with van der Waals surface area (Å²) in [7, 11) is 0. The van der Waals surface area contributed by atoms with Gasteiger partial charge in [-0.15, -0.1) is 5.10 Å². The molecule has 3 rings (SSSR count). The normalized spacial score (nSPS) is 13.7. The monoisotopic (exact) mass is 327 g/mol. The first kappa shape index (κ1) is 15.7. The van der Waals surface area contributed by atoms with Gasteiger partial charge in [-0.25, -0.2) is 4.68 Å². The van der Waals surface area contributed by atoms with Crippen LogP contribution in [0.3, 0.4) is 0 Å². The van der Waals surface area contributed by atoms with Crippen LogP contribution in [0.25, 0.3) is 0 Å². The fourth-order valence-corrected chi connectivity index (χ4v) is 2.84. The second kappa shape index (κ2) is 6.94. The van der Waals surface area contributed by atoms with Gasteiger partial charge in [0.25, 0.3) is 0 Å². The molecule has 0 bridgehead atoms. The molecule has 0 spiro atoms. The Morgan fingerprint density at radius 3 is 2.52 bits per heavy atom. The van der Waals surface area contributed by atoms with Gasteiger partial charge in [-0.1, -0.05) is 65.3 Å². The largest absolute Gasteiger partial charge is 0.388 e. The lowest BCUT2D eigenvalue weighted by atomic mass is 10.1. The Labute approximate surface area is 140 Å². The van der Waals surface area contributed by atoms with Crippen molar-refractivity contribution < 1.29 is 5.11 Å². The van der Waals surface area contributed by atoms with Crippen molar-refractivity contribution in [3.05, 3.63) is 82.6 Å². The standard InChI is InChI=1S/C18H18ClN3O/c1-13(16-9-5-6-10-17(16)19)22-12-15(20-21-22)11-18(23)14-7-3-2-4-8-14/h2-10,12-13,18,23H,11H2,1H3/t13-,18?/m0/s1. The molecule has 118 valence electrons. The highest BCUT2D eigenvalue weighted by Crippen LogP contribution is 2.25. The topological polar surface area (TPSA) is 50.9 Å². The van der Waals surface area contributed by atoms with Crippen LogP contribution < -0.4 is 0 Å². The number of benzene rings is 2. The van der Waals surface area contributed by atoms with Crippen LogP contribution in [-0.2, 0) is 6.42 Å². The van der Waals surface area contributed by atoms with Gasteiger partial charge in [0, 0.05) is 17.6 Å². The van der Waals surface area contributed by atoms with Crippen LogP contribution in [0, 0.1) is 0 Å². The average Bonchev–Trinajstić information content (AvgIpc) is 3.04. The van der Waals surface area contributed by atoms with Crippen molar-refractivity contribution >= 4 is 11.6 Å². The molecule has 3 aromatic rings.